The molecular weight excluding hydrogens is 761 g/mol. The summed E-state index contributed by atoms with van der Waals surface area (Å²) < 4.78 is 0. The largest absolute Gasteiger partial charge is 0.480 e. The lowest BCUT2D eigenvalue weighted by Gasteiger charge is -2.31. The summed E-state index contributed by atoms with van der Waals surface area (Å²) in [5.41, 5.74) is 6.45. The van der Waals surface area contributed by atoms with Crippen LogP contribution in [0.3, 0.4) is 0 Å². The Labute approximate surface area is 348 Å². The molecule has 8 atom stereocenters. The normalized spacial score (nSPS) is 17.6. The van der Waals surface area contributed by atoms with Crippen LogP contribution in [0, 0.1) is 23.7 Å². The Morgan fingerprint density at radius 1 is 0.644 bits per heavy atom. The topological polar surface area (TPSA) is 258 Å². The molecule has 1 aromatic carbocycles. The van der Waals surface area contributed by atoms with E-state index < -0.39 is 107 Å². The molecule has 59 heavy (non-hydrogen) atoms. The highest BCUT2D eigenvalue weighted by atomic mass is 16.4. The van der Waals surface area contributed by atoms with Crippen LogP contribution in [0.5, 0.6) is 0 Å². The summed E-state index contributed by atoms with van der Waals surface area (Å²) in [6, 6.07) is 0.592. The van der Waals surface area contributed by atoms with Crippen molar-refractivity contribution in [1.29, 1.82) is 0 Å². The van der Waals surface area contributed by atoms with E-state index in [1.54, 1.807) is 52.0 Å². The van der Waals surface area contributed by atoms with Crippen molar-refractivity contribution in [3.05, 3.63) is 35.9 Å². The van der Waals surface area contributed by atoms with E-state index in [9.17, 15) is 43.5 Å². The molecule has 1 aliphatic heterocycles. The van der Waals surface area contributed by atoms with Gasteiger partial charge in [0, 0.05) is 13.0 Å². The third kappa shape index (κ3) is 15.9. The SMILES string of the molecule is CC(C)CC(NC(=O)C(C)N)C(=O)NC(C(=O)NC(C(=O)NC(CC(C)C)C(=O)NC(Cc1ccccc1)C(=O)N1CCCC1C(=O)NC(C)C(=O)O)C(C)C)C(C)C. The Bertz CT molecular complexity index is 1620. The minimum Gasteiger partial charge on any atom is -0.480 e. The summed E-state index contributed by atoms with van der Waals surface area (Å²) in [5.74, 6) is -6.32. The number of likely N-dealkylation sites (tertiary alicyclic amines) is 1. The lowest BCUT2D eigenvalue weighted by Crippen LogP contribution is -2.61. The van der Waals surface area contributed by atoms with Crippen LogP contribution in [-0.2, 0) is 44.8 Å². The number of nitrogens with one attached hydrogen (secondary N) is 6. The molecule has 17 nitrogen and oxygen atoms in total. The van der Waals surface area contributed by atoms with Crippen molar-refractivity contribution < 1.29 is 43.5 Å². The quantitative estimate of drug-likeness (QED) is 0.0822. The van der Waals surface area contributed by atoms with E-state index in [4.69, 9.17) is 5.73 Å². The van der Waals surface area contributed by atoms with Crippen molar-refractivity contribution in [2.75, 3.05) is 6.54 Å². The Kier molecular flexibility index (Phi) is 20.0. The monoisotopic (exact) mass is 829 g/mol. The molecule has 0 saturated carbocycles. The summed E-state index contributed by atoms with van der Waals surface area (Å²) in [4.78, 5) is 108. The van der Waals surface area contributed by atoms with E-state index in [-0.39, 0.29) is 31.2 Å². The number of carboxylic acids is 1. The lowest BCUT2D eigenvalue weighted by atomic mass is 9.97. The first-order valence-electron chi connectivity index (χ1n) is 20.7. The van der Waals surface area contributed by atoms with E-state index >= 15 is 0 Å². The van der Waals surface area contributed by atoms with E-state index in [1.807, 2.05) is 33.8 Å². The first-order chi connectivity index (χ1) is 27.5. The zero-order valence-electron chi connectivity index (χ0n) is 36.3. The van der Waals surface area contributed by atoms with Crippen molar-refractivity contribution in [3.8, 4) is 0 Å². The van der Waals surface area contributed by atoms with Gasteiger partial charge in [0.2, 0.25) is 41.4 Å². The summed E-state index contributed by atoms with van der Waals surface area (Å²) >= 11 is 0. The molecule has 9 N–H and O–H groups in total. The predicted octanol–water partition coefficient (Wildman–Crippen LogP) is 0.985. The second kappa shape index (κ2) is 23.5. The minimum absolute atomic E-state index is 0.0280. The van der Waals surface area contributed by atoms with Crippen molar-refractivity contribution in [2.24, 2.45) is 29.4 Å². The summed E-state index contributed by atoms with van der Waals surface area (Å²) in [6.07, 6.45) is 1.36. The van der Waals surface area contributed by atoms with Gasteiger partial charge in [-0.05, 0) is 68.8 Å². The van der Waals surface area contributed by atoms with Gasteiger partial charge in [-0.15, -0.1) is 0 Å². The zero-order valence-corrected chi connectivity index (χ0v) is 36.3. The van der Waals surface area contributed by atoms with E-state index in [1.165, 1.54) is 18.7 Å². The molecule has 1 aliphatic rings. The van der Waals surface area contributed by atoms with Crippen LogP contribution in [0.4, 0.5) is 0 Å². The van der Waals surface area contributed by atoms with Crippen LogP contribution in [-0.4, -0.2) is 112 Å². The Morgan fingerprint density at radius 2 is 1.10 bits per heavy atom. The number of rotatable bonds is 22. The number of nitrogens with two attached hydrogens (primary N) is 1. The summed E-state index contributed by atoms with van der Waals surface area (Å²) in [7, 11) is 0. The molecule has 330 valence electrons. The second-order valence-corrected chi connectivity index (χ2v) is 17.1. The number of nitrogens with zero attached hydrogens (tertiary/aromatic N) is 1. The van der Waals surface area contributed by atoms with Gasteiger partial charge < -0.3 is 47.6 Å². The van der Waals surface area contributed by atoms with E-state index in [0.717, 1.165) is 5.56 Å². The number of amides is 7. The molecule has 2 rings (SSSR count). The number of benzene rings is 1. The zero-order chi connectivity index (χ0) is 44.7. The molecule has 0 spiro atoms. The third-order valence-corrected chi connectivity index (χ3v) is 10.1. The highest BCUT2D eigenvalue weighted by molar-refractivity contribution is 5.98. The standard InChI is InChI=1S/C42H68N8O9/c1-22(2)19-29(36(52)47-31(21-28-15-12-11-13-16-28)41(57)50-18-14-17-32(50)38(54)44-27(10)42(58)59)46-39(55)33(24(5)6)49-40(56)34(25(7)8)48-37(53)30(20-23(3)4)45-35(51)26(9)43/h11-13,15-16,22-27,29-34H,14,17-21,43H2,1-10H3,(H,44,54)(H,45,51)(H,46,55)(H,47,52)(H,48,53)(H,49,56)(H,58,59). The molecule has 7 amide bonds. The Balaban J connectivity index is 2.34. The van der Waals surface area contributed by atoms with Gasteiger partial charge >= 0.3 is 5.97 Å². The van der Waals surface area contributed by atoms with Crippen LogP contribution in [0.1, 0.15) is 100 Å². The molecule has 0 aliphatic carbocycles. The first-order valence-corrected chi connectivity index (χ1v) is 20.7. The van der Waals surface area contributed by atoms with Crippen molar-refractivity contribution in [2.45, 2.75) is 150 Å². The first kappa shape index (κ1) is 50.1. The number of hydrogen-bond acceptors (Lipinski definition) is 9. The van der Waals surface area contributed by atoms with Gasteiger partial charge in [-0.3, -0.25) is 38.4 Å². The Morgan fingerprint density at radius 3 is 1.58 bits per heavy atom. The molecular formula is C42H68N8O9. The van der Waals surface area contributed by atoms with Crippen molar-refractivity contribution >= 4 is 47.3 Å². The van der Waals surface area contributed by atoms with E-state index in [0.29, 0.717) is 19.3 Å². The van der Waals surface area contributed by atoms with Crippen molar-refractivity contribution in [3.63, 3.8) is 0 Å². The van der Waals surface area contributed by atoms with Crippen LogP contribution < -0.4 is 37.6 Å². The van der Waals surface area contributed by atoms with Crippen LogP contribution >= 0.6 is 0 Å². The van der Waals surface area contributed by atoms with Gasteiger partial charge in [-0.1, -0.05) is 85.7 Å². The number of hydrogen-bond donors (Lipinski definition) is 8. The van der Waals surface area contributed by atoms with Crippen LogP contribution in [0.25, 0.3) is 0 Å². The van der Waals surface area contributed by atoms with Gasteiger partial charge in [-0.2, -0.15) is 0 Å². The minimum atomic E-state index is -1.22. The maximum Gasteiger partial charge on any atom is 0.325 e. The fraction of sp³-hybridized carbons (Fsp3) is 0.667. The highest BCUT2D eigenvalue weighted by Gasteiger charge is 2.40. The van der Waals surface area contributed by atoms with Gasteiger partial charge in [0.1, 0.15) is 42.3 Å². The highest BCUT2D eigenvalue weighted by Crippen LogP contribution is 2.21. The maximum atomic E-state index is 14.2. The van der Waals surface area contributed by atoms with Gasteiger partial charge in [-0.25, -0.2) is 0 Å². The molecule has 0 radical (unpaired) electrons. The number of aliphatic carboxylic acids is 1. The molecule has 1 aromatic rings. The molecule has 17 heteroatoms. The summed E-state index contributed by atoms with van der Waals surface area (Å²) in [5, 5.41) is 25.5. The van der Waals surface area contributed by atoms with Gasteiger partial charge in [0.25, 0.3) is 0 Å². The molecule has 1 saturated heterocycles. The summed E-state index contributed by atoms with van der Waals surface area (Å²) in [6.45, 7) is 17.5. The molecule has 8 unspecified atom stereocenters. The number of carbonyl (C=O) groups excluding carboxylic acids is 7. The third-order valence-electron chi connectivity index (χ3n) is 10.1. The predicted molar refractivity (Wildman–Crippen MR) is 222 cm³/mol. The molecule has 1 heterocycles. The average molecular weight is 829 g/mol. The number of carboxylic acid groups (broad SMARTS) is 1. The van der Waals surface area contributed by atoms with Gasteiger partial charge in [0.05, 0.1) is 6.04 Å². The fourth-order valence-corrected chi connectivity index (χ4v) is 6.73. The molecule has 0 aromatic heterocycles. The smallest absolute Gasteiger partial charge is 0.325 e. The van der Waals surface area contributed by atoms with Crippen LogP contribution in [0.2, 0.25) is 0 Å². The van der Waals surface area contributed by atoms with Crippen LogP contribution in [0.15, 0.2) is 30.3 Å². The average Bonchev–Trinajstić information content (AvgIpc) is 3.64. The van der Waals surface area contributed by atoms with Crippen molar-refractivity contribution in [1.82, 2.24) is 36.8 Å². The maximum absolute atomic E-state index is 14.2. The van der Waals surface area contributed by atoms with E-state index in [2.05, 4.69) is 31.9 Å². The Hall–Kier alpha value is -5.06. The van der Waals surface area contributed by atoms with Gasteiger partial charge in [0.15, 0.2) is 0 Å². The fourth-order valence-electron chi connectivity index (χ4n) is 6.73. The second-order valence-electron chi connectivity index (χ2n) is 17.1. The number of carbonyl (C=O) groups is 8. The lowest BCUT2D eigenvalue weighted by molar-refractivity contribution is -0.144. The molecule has 1 fully saturated rings. The molecule has 0 bridgehead atoms.